The van der Waals surface area contributed by atoms with Crippen LogP contribution in [0.15, 0.2) is 24.4 Å². The molecule has 0 aliphatic carbocycles. The molecule has 0 bridgehead atoms. The predicted octanol–water partition coefficient (Wildman–Crippen LogP) is 2.54. The molecule has 0 radical (unpaired) electrons. The van der Waals surface area contributed by atoms with Crippen molar-refractivity contribution in [3.63, 3.8) is 0 Å². The molecule has 0 aliphatic rings. The molecular weight excluding hydrogens is 289 g/mol. The second-order valence-corrected chi connectivity index (χ2v) is 4.13. The van der Waals surface area contributed by atoms with Crippen LogP contribution >= 0.6 is 0 Å². The standard InChI is InChI=1S/C13H11F3N2O3/c1-20-12(19)8-5-18-11-7(10(8)17)3-2-4-9(11)21-6-13(14,15)16/h2-5H,6H2,1H3,(H2,17,18). The van der Waals surface area contributed by atoms with Crippen LogP contribution < -0.4 is 10.5 Å². The van der Waals surface area contributed by atoms with Gasteiger partial charge >= 0.3 is 12.1 Å². The van der Waals surface area contributed by atoms with E-state index in [9.17, 15) is 18.0 Å². The van der Waals surface area contributed by atoms with Crippen LogP contribution in [-0.4, -0.2) is 30.8 Å². The molecule has 0 saturated heterocycles. The van der Waals surface area contributed by atoms with Crippen LogP contribution in [0.1, 0.15) is 10.4 Å². The van der Waals surface area contributed by atoms with Gasteiger partial charge in [0.05, 0.1) is 12.8 Å². The van der Waals surface area contributed by atoms with Gasteiger partial charge in [0.15, 0.2) is 6.61 Å². The number of ether oxygens (including phenoxy) is 2. The smallest absolute Gasteiger partial charge is 0.422 e. The topological polar surface area (TPSA) is 74.4 Å². The van der Waals surface area contributed by atoms with Crippen LogP contribution in [-0.2, 0) is 4.74 Å². The number of hydrogen-bond acceptors (Lipinski definition) is 5. The van der Waals surface area contributed by atoms with Gasteiger partial charge in [-0.15, -0.1) is 0 Å². The number of nitrogens with two attached hydrogens (primary N) is 1. The molecule has 8 heteroatoms. The van der Waals surface area contributed by atoms with Crippen molar-refractivity contribution in [2.45, 2.75) is 6.18 Å². The van der Waals surface area contributed by atoms with E-state index in [1.807, 2.05) is 0 Å². The number of aromatic nitrogens is 1. The third kappa shape index (κ3) is 3.15. The number of nitrogens with zero attached hydrogens (tertiary/aromatic N) is 1. The molecule has 1 heterocycles. The van der Waals surface area contributed by atoms with E-state index in [0.29, 0.717) is 5.39 Å². The van der Waals surface area contributed by atoms with E-state index < -0.39 is 18.8 Å². The Kier molecular flexibility index (Phi) is 3.88. The number of anilines is 1. The first-order chi connectivity index (χ1) is 9.83. The number of para-hydroxylation sites is 1. The molecule has 0 aliphatic heterocycles. The lowest BCUT2D eigenvalue weighted by Crippen LogP contribution is -2.19. The van der Waals surface area contributed by atoms with Crippen molar-refractivity contribution in [3.05, 3.63) is 30.0 Å². The monoisotopic (exact) mass is 300 g/mol. The Labute approximate surface area is 117 Å². The maximum Gasteiger partial charge on any atom is 0.422 e. The molecule has 112 valence electrons. The molecule has 1 aromatic heterocycles. The van der Waals surface area contributed by atoms with E-state index in [4.69, 9.17) is 10.5 Å². The lowest BCUT2D eigenvalue weighted by Gasteiger charge is -2.12. The average molecular weight is 300 g/mol. The van der Waals surface area contributed by atoms with Gasteiger partial charge in [0, 0.05) is 11.6 Å². The number of halogens is 3. The maximum absolute atomic E-state index is 12.2. The lowest BCUT2D eigenvalue weighted by atomic mass is 10.1. The maximum atomic E-state index is 12.2. The number of esters is 1. The summed E-state index contributed by atoms with van der Waals surface area (Å²) in [4.78, 5) is 15.4. The van der Waals surface area contributed by atoms with E-state index in [1.165, 1.54) is 25.3 Å². The number of carbonyl (C=O) groups is 1. The highest BCUT2D eigenvalue weighted by Gasteiger charge is 2.29. The zero-order valence-corrected chi connectivity index (χ0v) is 10.9. The average Bonchev–Trinajstić information content (AvgIpc) is 2.44. The number of carbonyl (C=O) groups excluding carboxylic acids is 1. The van der Waals surface area contributed by atoms with Crippen LogP contribution in [0.5, 0.6) is 5.75 Å². The van der Waals surface area contributed by atoms with Crippen molar-refractivity contribution in [2.75, 3.05) is 19.5 Å². The van der Waals surface area contributed by atoms with Crippen molar-refractivity contribution in [1.29, 1.82) is 0 Å². The Morgan fingerprint density at radius 2 is 2.10 bits per heavy atom. The van der Waals surface area contributed by atoms with Gasteiger partial charge in [-0.2, -0.15) is 13.2 Å². The molecule has 0 fully saturated rings. The molecular formula is C13H11F3N2O3. The Balaban J connectivity index is 2.47. The van der Waals surface area contributed by atoms with E-state index in [-0.39, 0.29) is 22.5 Å². The fourth-order valence-corrected chi connectivity index (χ4v) is 1.77. The van der Waals surface area contributed by atoms with Crippen LogP contribution in [0.25, 0.3) is 10.9 Å². The summed E-state index contributed by atoms with van der Waals surface area (Å²) in [7, 11) is 1.19. The zero-order valence-electron chi connectivity index (χ0n) is 10.9. The molecule has 2 N–H and O–H groups in total. The Hall–Kier alpha value is -2.51. The third-order valence-corrected chi connectivity index (χ3v) is 2.70. The highest BCUT2D eigenvalue weighted by atomic mass is 19.4. The zero-order chi connectivity index (χ0) is 15.6. The molecule has 1 aromatic carbocycles. The van der Waals surface area contributed by atoms with Crippen LogP contribution in [0.2, 0.25) is 0 Å². The Bertz CT molecular complexity index is 686. The van der Waals surface area contributed by atoms with Crippen LogP contribution in [0, 0.1) is 0 Å². The van der Waals surface area contributed by atoms with Crippen LogP contribution in [0.4, 0.5) is 18.9 Å². The molecule has 0 saturated carbocycles. The minimum absolute atomic E-state index is 0.0398. The van der Waals surface area contributed by atoms with Gasteiger partial charge in [0.25, 0.3) is 0 Å². The molecule has 0 amide bonds. The third-order valence-electron chi connectivity index (χ3n) is 2.70. The van der Waals surface area contributed by atoms with E-state index >= 15 is 0 Å². The number of hydrogen-bond donors (Lipinski definition) is 1. The van der Waals surface area contributed by atoms with Gasteiger partial charge in [-0.1, -0.05) is 12.1 Å². The quantitative estimate of drug-likeness (QED) is 0.882. The molecule has 5 nitrogen and oxygen atoms in total. The van der Waals surface area contributed by atoms with E-state index in [2.05, 4.69) is 9.72 Å². The normalized spacial score (nSPS) is 11.4. The summed E-state index contributed by atoms with van der Waals surface area (Å²) in [6.45, 7) is -1.44. The summed E-state index contributed by atoms with van der Waals surface area (Å²) in [6, 6.07) is 4.34. The lowest BCUT2D eigenvalue weighted by molar-refractivity contribution is -0.153. The van der Waals surface area contributed by atoms with Crippen molar-refractivity contribution >= 4 is 22.6 Å². The molecule has 0 spiro atoms. The summed E-state index contributed by atoms with van der Waals surface area (Å²) in [5.74, 6) is -0.739. The first-order valence-corrected chi connectivity index (χ1v) is 5.78. The highest BCUT2D eigenvalue weighted by molar-refractivity contribution is 6.05. The van der Waals surface area contributed by atoms with Crippen LogP contribution in [0.3, 0.4) is 0 Å². The molecule has 2 rings (SSSR count). The highest BCUT2D eigenvalue weighted by Crippen LogP contribution is 2.30. The van der Waals surface area contributed by atoms with Gasteiger partial charge in [-0.05, 0) is 6.07 Å². The second kappa shape index (κ2) is 5.47. The fraction of sp³-hybridized carbons (Fsp3) is 0.231. The first kappa shape index (κ1) is 14.9. The predicted molar refractivity (Wildman–Crippen MR) is 69.0 cm³/mol. The minimum atomic E-state index is -4.46. The number of rotatable bonds is 3. The number of pyridine rings is 1. The number of alkyl halides is 3. The SMILES string of the molecule is COC(=O)c1cnc2c(OCC(F)(F)F)cccc2c1N. The van der Waals surface area contributed by atoms with Gasteiger partial charge in [-0.25, -0.2) is 4.79 Å². The van der Waals surface area contributed by atoms with Crippen molar-refractivity contribution in [1.82, 2.24) is 4.98 Å². The summed E-state index contributed by atoms with van der Waals surface area (Å²) in [5, 5.41) is 0.317. The molecule has 0 atom stereocenters. The van der Waals surface area contributed by atoms with Gasteiger partial charge in [0.2, 0.25) is 0 Å². The van der Waals surface area contributed by atoms with Gasteiger partial charge in [0.1, 0.15) is 16.8 Å². The van der Waals surface area contributed by atoms with Crippen molar-refractivity contribution in [3.8, 4) is 5.75 Å². The summed E-state index contributed by atoms with van der Waals surface area (Å²) >= 11 is 0. The summed E-state index contributed by atoms with van der Waals surface area (Å²) in [5.41, 5.74) is 6.09. The van der Waals surface area contributed by atoms with E-state index in [1.54, 1.807) is 0 Å². The molecule has 0 unspecified atom stereocenters. The number of methoxy groups -OCH3 is 1. The number of benzene rings is 1. The molecule has 2 aromatic rings. The largest absolute Gasteiger partial charge is 0.482 e. The van der Waals surface area contributed by atoms with E-state index in [0.717, 1.165) is 6.20 Å². The first-order valence-electron chi connectivity index (χ1n) is 5.78. The molecule has 21 heavy (non-hydrogen) atoms. The number of fused-ring (bicyclic) bond motifs is 1. The minimum Gasteiger partial charge on any atom is -0.482 e. The van der Waals surface area contributed by atoms with Gasteiger partial charge < -0.3 is 15.2 Å². The fourth-order valence-electron chi connectivity index (χ4n) is 1.77. The Morgan fingerprint density at radius 1 is 1.38 bits per heavy atom. The second-order valence-electron chi connectivity index (χ2n) is 4.13. The summed E-state index contributed by atoms with van der Waals surface area (Å²) < 4.78 is 45.9. The van der Waals surface area contributed by atoms with Crippen molar-refractivity contribution in [2.24, 2.45) is 0 Å². The van der Waals surface area contributed by atoms with Gasteiger partial charge in [-0.3, -0.25) is 4.98 Å². The van der Waals surface area contributed by atoms with Crippen molar-refractivity contribution < 1.29 is 27.4 Å². The summed E-state index contributed by atoms with van der Waals surface area (Å²) in [6.07, 6.45) is -3.32. The number of nitrogen functional groups attached to an aromatic ring is 1. The Morgan fingerprint density at radius 3 is 2.71 bits per heavy atom.